The summed E-state index contributed by atoms with van der Waals surface area (Å²) in [4.78, 5) is 17.2. The smallest absolute Gasteiger partial charge is 0.226 e. The van der Waals surface area contributed by atoms with Gasteiger partial charge in [-0.2, -0.15) is 0 Å². The number of hydrazine groups is 1. The van der Waals surface area contributed by atoms with E-state index in [4.69, 9.17) is 14.2 Å². The normalized spacial score (nSPS) is 19.4. The molecule has 2 atom stereocenters. The Morgan fingerprint density at radius 2 is 1.91 bits per heavy atom. The van der Waals surface area contributed by atoms with E-state index < -0.39 is 0 Å². The summed E-state index contributed by atoms with van der Waals surface area (Å²) in [6.07, 6.45) is 1.68. The molecule has 2 aliphatic rings. The summed E-state index contributed by atoms with van der Waals surface area (Å²) < 4.78 is 17.1. The molecular weight excluding hydrogens is 408 g/mol. The molecule has 32 heavy (non-hydrogen) atoms. The number of fused-ring (bicyclic) bond motifs is 1. The minimum Gasteiger partial charge on any atom is -0.486 e. The summed E-state index contributed by atoms with van der Waals surface area (Å²) in [5.74, 6) is 2.35. The number of ether oxygens (including phenoxy) is 3. The summed E-state index contributed by atoms with van der Waals surface area (Å²) in [5.41, 5.74) is 8.20. The van der Waals surface area contributed by atoms with Gasteiger partial charge in [-0.3, -0.25) is 10.2 Å². The van der Waals surface area contributed by atoms with E-state index in [1.165, 1.54) is 0 Å². The molecule has 2 aliphatic heterocycles. The Hall–Kier alpha value is -3.62. The van der Waals surface area contributed by atoms with Crippen LogP contribution < -0.4 is 30.4 Å². The molecule has 1 fully saturated rings. The first-order chi connectivity index (χ1) is 15.8. The zero-order chi connectivity index (χ0) is 21.8. The lowest BCUT2D eigenvalue weighted by molar-refractivity contribution is -0.125. The maximum atomic E-state index is 13.0. The van der Waals surface area contributed by atoms with E-state index in [-0.39, 0.29) is 17.9 Å². The molecule has 3 heterocycles. The quantitative estimate of drug-likeness (QED) is 0.551. The maximum absolute atomic E-state index is 13.0. The van der Waals surface area contributed by atoms with Gasteiger partial charge in [0.2, 0.25) is 11.8 Å². The number of hydrogen-bond donors (Lipinski definition) is 3. The summed E-state index contributed by atoms with van der Waals surface area (Å²) in [5, 5.41) is 3.04. The highest BCUT2D eigenvalue weighted by Crippen LogP contribution is 2.35. The van der Waals surface area contributed by atoms with Gasteiger partial charge in [-0.1, -0.05) is 24.3 Å². The van der Waals surface area contributed by atoms with Crippen molar-refractivity contribution in [2.75, 3.05) is 19.8 Å². The van der Waals surface area contributed by atoms with Gasteiger partial charge in [0.15, 0.2) is 11.5 Å². The van der Waals surface area contributed by atoms with Crippen molar-refractivity contribution < 1.29 is 19.0 Å². The number of carbonyl (C=O) groups is 1. The van der Waals surface area contributed by atoms with Crippen LogP contribution in [0.5, 0.6) is 23.1 Å². The number of hydrogen-bond acceptors (Lipinski definition) is 7. The second-order valence-electron chi connectivity index (χ2n) is 7.65. The molecule has 8 heteroatoms. The second-order valence-corrected chi connectivity index (χ2v) is 7.65. The third-order valence-electron chi connectivity index (χ3n) is 5.48. The maximum Gasteiger partial charge on any atom is 0.226 e. The van der Waals surface area contributed by atoms with Crippen LogP contribution in [0.1, 0.15) is 17.2 Å². The van der Waals surface area contributed by atoms with E-state index in [1.54, 1.807) is 6.20 Å². The summed E-state index contributed by atoms with van der Waals surface area (Å²) in [7, 11) is 0. The number of nitrogens with zero attached hydrogens (tertiary/aromatic N) is 1. The van der Waals surface area contributed by atoms with Crippen LogP contribution >= 0.6 is 0 Å². The topological polar surface area (TPSA) is 93.7 Å². The Morgan fingerprint density at radius 1 is 1.06 bits per heavy atom. The average Bonchev–Trinajstić information content (AvgIpc) is 3.33. The number of pyridine rings is 1. The Bertz CT molecular complexity index is 1090. The minimum atomic E-state index is -0.264. The lowest BCUT2D eigenvalue weighted by Crippen LogP contribution is -2.34. The van der Waals surface area contributed by atoms with Crippen molar-refractivity contribution in [1.82, 2.24) is 21.2 Å². The first-order valence-electron chi connectivity index (χ1n) is 10.6. The molecule has 2 aromatic carbocycles. The van der Waals surface area contributed by atoms with Crippen LogP contribution in [0.4, 0.5) is 0 Å². The zero-order valence-corrected chi connectivity index (χ0v) is 17.4. The predicted octanol–water partition coefficient (Wildman–Crippen LogP) is 2.73. The van der Waals surface area contributed by atoms with Crippen LogP contribution in [0, 0.1) is 5.92 Å². The third-order valence-corrected chi connectivity index (χ3v) is 5.48. The molecule has 0 spiro atoms. The molecule has 0 aliphatic carbocycles. The highest BCUT2D eigenvalue weighted by atomic mass is 16.6. The first kappa shape index (κ1) is 20.3. The molecule has 8 nitrogen and oxygen atoms in total. The van der Waals surface area contributed by atoms with E-state index in [0.717, 1.165) is 16.9 Å². The molecule has 5 rings (SSSR count). The Morgan fingerprint density at radius 3 is 2.78 bits per heavy atom. The minimum absolute atomic E-state index is 0.0373. The summed E-state index contributed by atoms with van der Waals surface area (Å²) in [6, 6.07) is 18.8. The van der Waals surface area contributed by atoms with Gasteiger partial charge < -0.3 is 19.5 Å². The third kappa shape index (κ3) is 4.51. The lowest BCUT2D eigenvalue weighted by Gasteiger charge is -2.22. The van der Waals surface area contributed by atoms with E-state index in [9.17, 15) is 4.79 Å². The van der Waals surface area contributed by atoms with Crippen LogP contribution in [0.25, 0.3) is 0 Å². The molecule has 0 saturated carbocycles. The number of carbonyl (C=O) groups excluding carboxylic acids is 1. The molecule has 1 saturated heterocycles. The van der Waals surface area contributed by atoms with Crippen molar-refractivity contribution in [2.24, 2.45) is 5.92 Å². The Kier molecular flexibility index (Phi) is 5.87. The first-order valence-corrected chi connectivity index (χ1v) is 10.6. The van der Waals surface area contributed by atoms with Crippen LogP contribution in [-0.2, 0) is 11.3 Å². The number of aromatic nitrogens is 1. The molecular formula is C24H24N4O4. The number of amides is 1. The van der Waals surface area contributed by atoms with Gasteiger partial charge in [0.25, 0.3) is 0 Å². The molecule has 0 radical (unpaired) electrons. The Labute approximate surface area is 185 Å². The fraction of sp³-hybridized carbons (Fsp3) is 0.250. The molecule has 1 amide bonds. The fourth-order valence-electron chi connectivity index (χ4n) is 3.86. The van der Waals surface area contributed by atoms with Gasteiger partial charge >= 0.3 is 0 Å². The molecule has 164 valence electrons. The van der Waals surface area contributed by atoms with E-state index in [1.807, 2.05) is 60.7 Å². The van der Waals surface area contributed by atoms with Gasteiger partial charge in [-0.25, -0.2) is 10.4 Å². The zero-order valence-electron chi connectivity index (χ0n) is 17.4. The molecule has 3 N–H and O–H groups in total. The van der Waals surface area contributed by atoms with Crippen LogP contribution in [0.3, 0.4) is 0 Å². The number of rotatable bonds is 6. The highest BCUT2D eigenvalue weighted by Gasteiger charge is 2.34. The van der Waals surface area contributed by atoms with E-state index in [0.29, 0.717) is 43.7 Å². The summed E-state index contributed by atoms with van der Waals surface area (Å²) in [6.45, 7) is 1.99. The monoisotopic (exact) mass is 432 g/mol. The Balaban J connectivity index is 1.23. The lowest BCUT2D eigenvalue weighted by atomic mass is 9.93. The summed E-state index contributed by atoms with van der Waals surface area (Å²) >= 11 is 0. The van der Waals surface area contributed by atoms with Crippen molar-refractivity contribution >= 4 is 5.91 Å². The molecule has 1 aromatic heterocycles. The number of benzene rings is 2. The van der Waals surface area contributed by atoms with Crippen LogP contribution in [-0.4, -0.2) is 30.6 Å². The molecule has 3 aromatic rings. The van der Waals surface area contributed by atoms with Gasteiger partial charge in [-0.15, -0.1) is 0 Å². The van der Waals surface area contributed by atoms with Crippen molar-refractivity contribution in [3.05, 3.63) is 78.0 Å². The fourth-order valence-corrected chi connectivity index (χ4v) is 3.86. The van der Waals surface area contributed by atoms with Crippen molar-refractivity contribution in [3.8, 4) is 23.1 Å². The number of nitrogens with one attached hydrogen (secondary N) is 3. The average molecular weight is 432 g/mol. The van der Waals surface area contributed by atoms with E-state index >= 15 is 0 Å². The van der Waals surface area contributed by atoms with Gasteiger partial charge in [0.1, 0.15) is 19.0 Å². The predicted molar refractivity (Wildman–Crippen MR) is 117 cm³/mol. The van der Waals surface area contributed by atoms with Gasteiger partial charge in [0, 0.05) is 25.4 Å². The largest absolute Gasteiger partial charge is 0.486 e. The van der Waals surface area contributed by atoms with Gasteiger partial charge in [0.05, 0.1) is 12.0 Å². The van der Waals surface area contributed by atoms with Crippen molar-refractivity contribution in [1.29, 1.82) is 0 Å². The van der Waals surface area contributed by atoms with Crippen LogP contribution in [0.15, 0.2) is 66.9 Å². The second kappa shape index (κ2) is 9.25. The highest BCUT2D eigenvalue weighted by molar-refractivity contribution is 5.80. The van der Waals surface area contributed by atoms with Crippen molar-refractivity contribution in [2.45, 2.75) is 12.6 Å². The van der Waals surface area contributed by atoms with Gasteiger partial charge in [-0.05, 0) is 41.5 Å². The molecule has 2 unspecified atom stereocenters. The molecule has 0 bridgehead atoms. The number of para-hydroxylation sites is 1. The van der Waals surface area contributed by atoms with Crippen LogP contribution in [0.2, 0.25) is 0 Å². The standard InChI is InChI=1S/C24H24N4O4/c29-24(26-14-16-8-9-25-22(12-16)32-18-4-2-1-3-5-18)19-15-27-28-23(19)17-6-7-20-21(13-17)31-11-10-30-20/h1-9,12-13,19,23,27-28H,10-11,14-15H2,(H,26,29). The van der Waals surface area contributed by atoms with E-state index in [2.05, 4.69) is 21.2 Å². The van der Waals surface area contributed by atoms with Crippen molar-refractivity contribution in [3.63, 3.8) is 0 Å². The SMILES string of the molecule is O=C(NCc1ccnc(Oc2ccccc2)c1)C1CNNC1c1ccc2c(c1)OCCO2.